The summed E-state index contributed by atoms with van der Waals surface area (Å²) in [5.74, 6) is 1.74. The predicted octanol–water partition coefficient (Wildman–Crippen LogP) is 16.2. The van der Waals surface area contributed by atoms with Crippen molar-refractivity contribution in [3.8, 4) is 44.9 Å². The average Bonchev–Trinajstić information content (AvgIpc) is 3.82. The van der Waals surface area contributed by atoms with Crippen LogP contribution in [0.3, 0.4) is 0 Å². The number of benzene rings is 10. The number of rotatable bonds is 4. The van der Waals surface area contributed by atoms with Gasteiger partial charge in [0.1, 0.15) is 22.7 Å². The Hall–Kier alpha value is -7.42. The van der Waals surface area contributed by atoms with Crippen LogP contribution >= 0.6 is 0 Å². The SMILES string of the molecule is Cc1ccc2oc(-c3c4ccccc4c(-c4oc5ccc(C)cc5c4-c4ccc5ccccc5c4)c4cc5ccccc5cc34)c(-c3ccc4ccccc4c3)c2c1. The van der Waals surface area contributed by atoms with E-state index in [4.69, 9.17) is 8.83 Å². The van der Waals surface area contributed by atoms with Gasteiger partial charge in [-0.25, -0.2) is 0 Å². The van der Waals surface area contributed by atoms with Crippen molar-refractivity contribution in [3.63, 3.8) is 0 Å². The highest BCUT2D eigenvalue weighted by Crippen LogP contribution is 2.53. The molecule has 0 aliphatic carbocycles. The van der Waals surface area contributed by atoms with Crippen molar-refractivity contribution in [3.05, 3.63) is 193 Å². The maximum atomic E-state index is 7.15. The molecule has 0 spiro atoms. The lowest BCUT2D eigenvalue weighted by molar-refractivity contribution is 0.632. The Bertz CT molecular complexity index is 3410. The van der Waals surface area contributed by atoms with E-state index in [0.29, 0.717) is 0 Å². The first kappa shape index (κ1) is 32.8. The highest BCUT2D eigenvalue weighted by Gasteiger charge is 2.28. The molecule has 0 saturated heterocycles. The Morgan fingerprint density at radius 3 is 1.09 bits per heavy atom. The van der Waals surface area contributed by atoms with Gasteiger partial charge in [-0.2, -0.15) is 0 Å². The Labute approximate surface area is 335 Å². The fraction of sp³-hybridized carbons (Fsp3) is 0.0357. The molecule has 0 amide bonds. The fourth-order valence-electron chi connectivity index (χ4n) is 9.39. The molecule has 12 aromatic rings. The predicted molar refractivity (Wildman–Crippen MR) is 245 cm³/mol. The van der Waals surface area contributed by atoms with E-state index in [2.05, 4.69) is 196 Å². The molecular weight excluding hydrogens is 705 g/mol. The van der Waals surface area contributed by atoms with E-state index < -0.39 is 0 Å². The van der Waals surface area contributed by atoms with Gasteiger partial charge in [-0.05, 0) is 127 Å². The van der Waals surface area contributed by atoms with Gasteiger partial charge in [-0.1, -0.05) is 145 Å². The summed E-state index contributed by atoms with van der Waals surface area (Å²) in [4.78, 5) is 0. The molecule has 0 radical (unpaired) electrons. The number of hydrogen-bond donors (Lipinski definition) is 0. The molecule has 10 aromatic carbocycles. The molecule has 0 aliphatic heterocycles. The molecule has 2 heterocycles. The summed E-state index contributed by atoms with van der Waals surface area (Å²) in [6.07, 6.45) is 0. The third kappa shape index (κ3) is 4.98. The van der Waals surface area contributed by atoms with Crippen LogP contribution in [-0.2, 0) is 0 Å². The lowest BCUT2D eigenvalue weighted by atomic mass is 9.85. The van der Waals surface area contributed by atoms with E-state index >= 15 is 0 Å². The van der Waals surface area contributed by atoms with Gasteiger partial charge in [0.2, 0.25) is 0 Å². The smallest absolute Gasteiger partial charge is 0.144 e. The van der Waals surface area contributed by atoms with Crippen molar-refractivity contribution < 1.29 is 8.83 Å². The Kier molecular flexibility index (Phi) is 7.09. The molecule has 0 N–H and O–H groups in total. The minimum atomic E-state index is 0.869. The van der Waals surface area contributed by atoms with E-state index in [-0.39, 0.29) is 0 Å². The molecule has 272 valence electrons. The van der Waals surface area contributed by atoms with Gasteiger partial charge < -0.3 is 8.83 Å². The summed E-state index contributed by atoms with van der Waals surface area (Å²) in [6.45, 7) is 4.31. The van der Waals surface area contributed by atoms with E-state index in [9.17, 15) is 0 Å². The third-order valence-corrected chi connectivity index (χ3v) is 12.1. The largest absolute Gasteiger partial charge is 0.455 e. The molecular formula is C56H36O2. The summed E-state index contributed by atoms with van der Waals surface area (Å²) in [5.41, 5.74) is 10.8. The quantitative estimate of drug-likeness (QED) is 0.168. The van der Waals surface area contributed by atoms with Gasteiger partial charge in [-0.3, -0.25) is 0 Å². The molecule has 2 nitrogen and oxygen atoms in total. The van der Waals surface area contributed by atoms with Crippen LogP contribution < -0.4 is 0 Å². The zero-order valence-corrected chi connectivity index (χ0v) is 32.1. The molecule has 2 aromatic heterocycles. The van der Waals surface area contributed by atoms with Gasteiger partial charge in [0.15, 0.2) is 0 Å². The number of hydrogen-bond acceptors (Lipinski definition) is 2. The van der Waals surface area contributed by atoms with Crippen molar-refractivity contribution in [2.75, 3.05) is 0 Å². The number of fused-ring (bicyclic) bond motifs is 7. The van der Waals surface area contributed by atoms with Gasteiger partial charge in [0.05, 0.1) is 0 Å². The summed E-state index contributed by atoms with van der Waals surface area (Å²) in [5, 5.41) is 13.8. The highest BCUT2D eigenvalue weighted by molar-refractivity contribution is 6.26. The van der Waals surface area contributed by atoms with Crippen LogP contribution in [0.25, 0.3) is 121 Å². The Morgan fingerprint density at radius 1 is 0.276 bits per heavy atom. The lowest BCUT2D eigenvalue weighted by Gasteiger charge is -2.18. The molecule has 0 unspecified atom stereocenters. The van der Waals surface area contributed by atoms with Crippen molar-refractivity contribution in [1.82, 2.24) is 0 Å². The first-order valence-corrected chi connectivity index (χ1v) is 20.0. The van der Waals surface area contributed by atoms with Gasteiger partial charge >= 0.3 is 0 Å². The average molecular weight is 741 g/mol. The van der Waals surface area contributed by atoms with Gasteiger partial charge in [0.25, 0.3) is 0 Å². The summed E-state index contributed by atoms with van der Waals surface area (Å²) in [7, 11) is 0. The van der Waals surface area contributed by atoms with Crippen LogP contribution in [0, 0.1) is 13.8 Å². The van der Waals surface area contributed by atoms with Gasteiger partial charge in [-0.15, -0.1) is 0 Å². The Balaban J connectivity index is 1.25. The van der Waals surface area contributed by atoms with Crippen molar-refractivity contribution >= 4 is 75.8 Å². The molecule has 0 aliphatic rings. The first-order chi connectivity index (χ1) is 28.6. The van der Waals surface area contributed by atoms with Crippen LogP contribution in [0.15, 0.2) is 191 Å². The minimum absolute atomic E-state index is 0.869. The number of aryl methyl sites for hydroxylation is 2. The molecule has 0 bridgehead atoms. The normalized spacial score (nSPS) is 12.0. The second-order valence-corrected chi connectivity index (χ2v) is 15.8. The van der Waals surface area contributed by atoms with Crippen LogP contribution in [0.2, 0.25) is 0 Å². The van der Waals surface area contributed by atoms with Crippen LogP contribution in [0.4, 0.5) is 0 Å². The van der Waals surface area contributed by atoms with E-state index in [1.807, 2.05) is 0 Å². The summed E-state index contributed by atoms with van der Waals surface area (Å²) < 4.78 is 14.3. The monoisotopic (exact) mass is 740 g/mol. The molecule has 0 atom stereocenters. The van der Waals surface area contributed by atoms with Crippen molar-refractivity contribution in [2.45, 2.75) is 13.8 Å². The maximum Gasteiger partial charge on any atom is 0.144 e. The molecule has 12 rings (SSSR count). The van der Waals surface area contributed by atoms with Gasteiger partial charge in [0, 0.05) is 33.0 Å². The molecule has 58 heavy (non-hydrogen) atoms. The lowest BCUT2D eigenvalue weighted by Crippen LogP contribution is -1.92. The van der Waals surface area contributed by atoms with Crippen LogP contribution in [0.1, 0.15) is 11.1 Å². The standard InChI is InChI=1S/C56H36O2/c1-33-19-25-49-47(27-33)51(41-23-21-35-11-3-5-13-37(35)29-41)55(57-49)53-43-17-9-10-18-44(43)54(46-32-40-16-8-7-15-39(40)31-45(46)53)56-52(48-28-34(2)20-26-50(48)58-56)42-24-22-36-12-4-6-14-38(36)30-42/h3-32H,1-2H3. The highest BCUT2D eigenvalue weighted by atomic mass is 16.3. The van der Waals surface area contributed by atoms with Crippen molar-refractivity contribution in [2.24, 2.45) is 0 Å². The van der Waals surface area contributed by atoms with E-state index in [1.165, 1.54) is 43.4 Å². The third-order valence-electron chi connectivity index (χ3n) is 12.1. The van der Waals surface area contributed by atoms with Crippen LogP contribution in [0.5, 0.6) is 0 Å². The molecule has 0 saturated carbocycles. The minimum Gasteiger partial charge on any atom is -0.455 e. The zero-order valence-electron chi connectivity index (χ0n) is 32.1. The van der Waals surface area contributed by atoms with Crippen LogP contribution in [-0.4, -0.2) is 0 Å². The molecule has 2 heteroatoms. The van der Waals surface area contributed by atoms with E-state index in [1.54, 1.807) is 0 Å². The Morgan fingerprint density at radius 2 is 0.655 bits per heavy atom. The number of furan rings is 2. The topological polar surface area (TPSA) is 26.3 Å². The summed E-state index contributed by atoms with van der Waals surface area (Å²) in [6, 6.07) is 66.0. The second-order valence-electron chi connectivity index (χ2n) is 15.8. The maximum absolute atomic E-state index is 7.15. The second kappa shape index (κ2) is 12.5. The molecule has 0 fully saturated rings. The van der Waals surface area contributed by atoms with Crippen molar-refractivity contribution in [1.29, 1.82) is 0 Å². The first-order valence-electron chi connectivity index (χ1n) is 20.0. The summed E-state index contributed by atoms with van der Waals surface area (Å²) >= 11 is 0. The van der Waals surface area contributed by atoms with E-state index in [0.717, 1.165) is 88.4 Å². The zero-order chi connectivity index (χ0) is 38.5. The fourth-order valence-corrected chi connectivity index (χ4v) is 9.39.